The highest BCUT2D eigenvalue weighted by molar-refractivity contribution is 5.71. The van der Waals surface area contributed by atoms with E-state index in [1.807, 2.05) is 6.08 Å². The monoisotopic (exact) mass is 202 g/mol. The van der Waals surface area contributed by atoms with Crippen LogP contribution in [0.2, 0.25) is 0 Å². The van der Waals surface area contributed by atoms with Crippen LogP contribution in [-0.4, -0.2) is 20.1 Å². The Morgan fingerprint density at radius 3 is 3.13 bits per heavy atom. The number of hydrogen-bond acceptors (Lipinski definition) is 2. The summed E-state index contributed by atoms with van der Waals surface area (Å²) in [5.41, 5.74) is 9.62. The van der Waals surface area contributed by atoms with Crippen molar-refractivity contribution < 1.29 is 0 Å². The predicted molar refractivity (Wildman–Crippen MR) is 66.1 cm³/mol. The molecule has 2 N–H and O–H groups in total. The highest BCUT2D eigenvalue weighted by Crippen LogP contribution is 2.30. The average molecular weight is 202 g/mol. The zero-order valence-electron chi connectivity index (χ0n) is 9.24. The maximum atomic E-state index is 5.49. The van der Waals surface area contributed by atoms with Gasteiger partial charge in [0.25, 0.3) is 0 Å². The molecule has 0 bridgehead atoms. The summed E-state index contributed by atoms with van der Waals surface area (Å²) in [5.74, 6) is 0. The first kappa shape index (κ1) is 10.2. The molecule has 0 aliphatic carbocycles. The molecule has 2 heteroatoms. The van der Waals surface area contributed by atoms with Gasteiger partial charge in [0.2, 0.25) is 0 Å². The lowest BCUT2D eigenvalue weighted by molar-refractivity contribution is 0.744. The van der Waals surface area contributed by atoms with Crippen molar-refractivity contribution in [2.75, 3.05) is 25.0 Å². The molecule has 2 rings (SSSR count). The Balaban J connectivity index is 2.42. The van der Waals surface area contributed by atoms with E-state index >= 15 is 0 Å². The molecule has 80 valence electrons. The van der Waals surface area contributed by atoms with Crippen LogP contribution in [0.3, 0.4) is 0 Å². The molecule has 0 saturated heterocycles. The summed E-state index contributed by atoms with van der Waals surface area (Å²) >= 11 is 0. The van der Waals surface area contributed by atoms with E-state index in [1.54, 1.807) is 0 Å². The van der Waals surface area contributed by atoms with Crippen LogP contribution in [0.4, 0.5) is 5.69 Å². The molecule has 0 radical (unpaired) electrons. The average Bonchev–Trinajstić information content (AvgIpc) is 2.26. The fraction of sp³-hybridized carbons (Fsp3) is 0.385. The van der Waals surface area contributed by atoms with Crippen molar-refractivity contribution in [2.24, 2.45) is 5.73 Å². The molecule has 0 spiro atoms. The van der Waals surface area contributed by atoms with Crippen molar-refractivity contribution in [1.29, 1.82) is 0 Å². The van der Waals surface area contributed by atoms with Crippen LogP contribution in [0, 0.1) is 0 Å². The Hall–Kier alpha value is -1.28. The van der Waals surface area contributed by atoms with Crippen LogP contribution in [0.25, 0.3) is 6.08 Å². The normalized spacial score (nSPS) is 15.7. The van der Waals surface area contributed by atoms with Crippen LogP contribution < -0.4 is 10.6 Å². The van der Waals surface area contributed by atoms with Crippen LogP contribution >= 0.6 is 0 Å². The van der Waals surface area contributed by atoms with Crippen molar-refractivity contribution in [2.45, 2.75) is 12.8 Å². The summed E-state index contributed by atoms with van der Waals surface area (Å²) in [6.45, 7) is 1.76. The third kappa shape index (κ3) is 2.05. The van der Waals surface area contributed by atoms with E-state index in [-0.39, 0.29) is 0 Å². The fourth-order valence-electron chi connectivity index (χ4n) is 2.23. The second-order valence-electron chi connectivity index (χ2n) is 4.02. The van der Waals surface area contributed by atoms with E-state index in [1.165, 1.54) is 29.7 Å². The summed E-state index contributed by atoms with van der Waals surface area (Å²) in [5, 5.41) is 0. The number of para-hydroxylation sites is 1. The van der Waals surface area contributed by atoms with Crippen molar-refractivity contribution >= 4 is 11.8 Å². The molecule has 0 aromatic heterocycles. The van der Waals surface area contributed by atoms with Crippen LogP contribution in [0.1, 0.15) is 17.5 Å². The zero-order chi connectivity index (χ0) is 10.7. The summed E-state index contributed by atoms with van der Waals surface area (Å²) in [4.78, 5) is 2.34. The minimum absolute atomic E-state index is 0.605. The van der Waals surface area contributed by atoms with E-state index in [9.17, 15) is 0 Å². The minimum Gasteiger partial charge on any atom is -0.374 e. The number of nitrogens with zero attached hydrogens (tertiary/aromatic N) is 1. The molecular formula is C13H18N2. The van der Waals surface area contributed by atoms with Crippen molar-refractivity contribution in [1.82, 2.24) is 0 Å². The van der Waals surface area contributed by atoms with Crippen molar-refractivity contribution in [3.8, 4) is 0 Å². The summed E-state index contributed by atoms with van der Waals surface area (Å²) in [6.07, 6.45) is 6.59. The van der Waals surface area contributed by atoms with E-state index in [4.69, 9.17) is 5.73 Å². The molecule has 1 heterocycles. The molecule has 1 aromatic rings. The molecule has 0 unspecified atom stereocenters. The summed E-state index contributed by atoms with van der Waals surface area (Å²) < 4.78 is 0. The standard InChI is InChI=1S/C13H18N2/c1-15-10-4-8-12-6-2-5-11(13(12)15)7-3-9-14/h2-3,5-7H,4,8-10,14H2,1H3/b7-3+. The highest BCUT2D eigenvalue weighted by Gasteiger charge is 2.15. The topological polar surface area (TPSA) is 29.3 Å². The van der Waals surface area contributed by atoms with Crippen LogP contribution in [0.15, 0.2) is 24.3 Å². The Labute approximate surface area is 91.4 Å². The van der Waals surface area contributed by atoms with E-state index in [0.29, 0.717) is 6.54 Å². The lowest BCUT2D eigenvalue weighted by Gasteiger charge is -2.29. The molecule has 0 fully saturated rings. The van der Waals surface area contributed by atoms with Gasteiger partial charge < -0.3 is 10.6 Å². The van der Waals surface area contributed by atoms with Gasteiger partial charge in [-0.05, 0) is 24.0 Å². The SMILES string of the molecule is CN1CCCc2cccc(/C=C/CN)c21. The molecule has 0 saturated carbocycles. The minimum atomic E-state index is 0.605. The van der Waals surface area contributed by atoms with Gasteiger partial charge in [-0.15, -0.1) is 0 Å². The molecule has 1 aliphatic heterocycles. The van der Waals surface area contributed by atoms with Crippen molar-refractivity contribution in [3.05, 3.63) is 35.4 Å². The summed E-state index contributed by atoms with van der Waals surface area (Å²) in [7, 11) is 2.16. The third-order valence-corrected chi connectivity index (χ3v) is 2.91. The molecule has 2 nitrogen and oxygen atoms in total. The van der Waals surface area contributed by atoms with Gasteiger partial charge in [0.05, 0.1) is 0 Å². The summed E-state index contributed by atoms with van der Waals surface area (Å²) in [6, 6.07) is 6.52. The number of anilines is 1. The number of aryl methyl sites for hydroxylation is 1. The second-order valence-corrected chi connectivity index (χ2v) is 4.02. The first-order valence-electron chi connectivity index (χ1n) is 5.52. The zero-order valence-corrected chi connectivity index (χ0v) is 9.24. The molecule has 0 atom stereocenters. The van der Waals surface area contributed by atoms with Gasteiger partial charge in [0.15, 0.2) is 0 Å². The number of nitrogens with two attached hydrogens (primary N) is 1. The van der Waals surface area contributed by atoms with Gasteiger partial charge in [-0.25, -0.2) is 0 Å². The van der Waals surface area contributed by atoms with Gasteiger partial charge >= 0.3 is 0 Å². The molecular weight excluding hydrogens is 184 g/mol. The molecule has 0 amide bonds. The van der Waals surface area contributed by atoms with Crippen molar-refractivity contribution in [3.63, 3.8) is 0 Å². The number of benzene rings is 1. The van der Waals surface area contributed by atoms with Gasteiger partial charge in [0, 0.05) is 25.8 Å². The predicted octanol–water partition coefficient (Wildman–Crippen LogP) is 2.04. The number of hydrogen-bond donors (Lipinski definition) is 1. The molecule has 1 aromatic carbocycles. The maximum absolute atomic E-state index is 5.49. The lowest BCUT2D eigenvalue weighted by atomic mass is 9.98. The van der Waals surface area contributed by atoms with E-state index < -0.39 is 0 Å². The maximum Gasteiger partial charge on any atom is 0.0469 e. The van der Waals surface area contributed by atoms with Gasteiger partial charge in [-0.2, -0.15) is 0 Å². The number of rotatable bonds is 2. The smallest absolute Gasteiger partial charge is 0.0469 e. The lowest BCUT2D eigenvalue weighted by Crippen LogP contribution is -2.25. The van der Waals surface area contributed by atoms with Gasteiger partial charge in [-0.1, -0.05) is 30.4 Å². The van der Waals surface area contributed by atoms with E-state index in [2.05, 4.69) is 36.2 Å². The largest absolute Gasteiger partial charge is 0.374 e. The van der Waals surface area contributed by atoms with Gasteiger partial charge in [0.1, 0.15) is 0 Å². The Morgan fingerprint density at radius 2 is 2.33 bits per heavy atom. The molecule has 15 heavy (non-hydrogen) atoms. The van der Waals surface area contributed by atoms with Gasteiger partial charge in [-0.3, -0.25) is 0 Å². The Morgan fingerprint density at radius 1 is 1.47 bits per heavy atom. The number of fused-ring (bicyclic) bond motifs is 1. The second kappa shape index (κ2) is 4.49. The quantitative estimate of drug-likeness (QED) is 0.795. The van der Waals surface area contributed by atoms with Crippen LogP contribution in [-0.2, 0) is 6.42 Å². The van der Waals surface area contributed by atoms with Crippen LogP contribution in [0.5, 0.6) is 0 Å². The Kier molecular flexibility index (Phi) is 3.07. The third-order valence-electron chi connectivity index (χ3n) is 2.91. The Bertz CT molecular complexity index is 369. The fourth-order valence-corrected chi connectivity index (χ4v) is 2.23. The molecule has 1 aliphatic rings. The first-order chi connectivity index (χ1) is 7.33. The first-order valence-corrected chi connectivity index (χ1v) is 5.52. The van der Waals surface area contributed by atoms with E-state index in [0.717, 1.165) is 6.54 Å². The highest BCUT2D eigenvalue weighted by atomic mass is 15.1.